The lowest BCUT2D eigenvalue weighted by atomic mass is 10.1. The molecule has 70 valence electrons. The van der Waals surface area contributed by atoms with Crippen LogP contribution in [0, 0.1) is 0 Å². The van der Waals surface area contributed by atoms with Gasteiger partial charge >= 0.3 is 6.09 Å². The molecule has 0 radical (unpaired) electrons. The Morgan fingerprint density at radius 3 is 2.58 bits per heavy atom. The summed E-state index contributed by atoms with van der Waals surface area (Å²) in [7, 11) is 0. The first kappa shape index (κ1) is 9.29. The van der Waals surface area contributed by atoms with Crippen LogP contribution in [0.15, 0.2) is 0 Å². The Morgan fingerprint density at radius 1 is 1.33 bits per heavy atom. The Bertz CT molecular complexity index is 146. The summed E-state index contributed by atoms with van der Waals surface area (Å²) < 4.78 is 16.3. The molecular formula is C8H14FNO2. The van der Waals surface area contributed by atoms with Crippen LogP contribution < -0.4 is 0 Å². The number of carbonyl (C=O) groups excluding carboxylic acids is 1. The van der Waals surface area contributed by atoms with Crippen molar-refractivity contribution in [2.75, 3.05) is 26.4 Å². The number of alkyl halides is 1. The molecule has 1 fully saturated rings. The second-order valence-corrected chi connectivity index (χ2v) is 2.85. The lowest BCUT2D eigenvalue weighted by Gasteiger charge is -2.25. The Hall–Kier alpha value is -0.800. The minimum absolute atomic E-state index is 0.116. The fraction of sp³-hybridized carbons (Fsp3) is 0.875. The number of rotatable bonds is 2. The molecule has 0 atom stereocenters. The van der Waals surface area contributed by atoms with Crippen molar-refractivity contribution in [1.29, 1.82) is 0 Å². The average Bonchev–Trinajstić information content (AvgIpc) is 2.15. The van der Waals surface area contributed by atoms with Gasteiger partial charge in [-0.15, -0.1) is 0 Å². The first-order valence-corrected chi connectivity index (χ1v) is 4.32. The standard InChI is InChI=1S/C8H14FNO2/c9-4-7-12-8(11)10-5-2-1-3-6-10/h1-7H2. The second kappa shape index (κ2) is 4.95. The van der Waals surface area contributed by atoms with E-state index in [1.807, 2.05) is 0 Å². The number of halogens is 1. The molecule has 0 aromatic carbocycles. The van der Waals surface area contributed by atoms with Crippen LogP contribution in [0.2, 0.25) is 0 Å². The number of hydrogen-bond donors (Lipinski definition) is 0. The number of nitrogens with zero attached hydrogens (tertiary/aromatic N) is 1. The molecule has 0 bridgehead atoms. The van der Waals surface area contributed by atoms with Crippen molar-refractivity contribution in [2.45, 2.75) is 19.3 Å². The Labute approximate surface area is 71.5 Å². The summed E-state index contributed by atoms with van der Waals surface area (Å²) >= 11 is 0. The van der Waals surface area contributed by atoms with Crippen LogP contribution in [0.25, 0.3) is 0 Å². The Morgan fingerprint density at radius 2 is 2.00 bits per heavy atom. The van der Waals surface area contributed by atoms with Gasteiger partial charge in [0, 0.05) is 13.1 Å². The van der Waals surface area contributed by atoms with Crippen molar-refractivity contribution in [3.8, 4) is 0 Å². The number of ether oxygens (including phenoxy) is 1. The van der Waals surface area contributed by atoms with Gasteiger partial charge in [0.05, 0.1) is 0 Å². The van der Waals surface area contributed by atoms with E-state index >= 15 is 0 Å². The highest BCUT2D eigenvalue weighted by molar-refractivity contribution is 5.67. The van der Waals surface area contributed by atoms with E-state index in [0.29, 0.717) is 0 Å². The van der Waals surface area contributed by atoms with Gasteiger partial charge in [0.2, 0.25) is 0 Å². The van der Waals surface area contributed by atoms with Crippen molar-refractivity contribution in [3.05, 3.63) is 0 Å². The molecule has 1 saturated heterocycles. The minimum Gasteiger partial charge on any atom is -0.447 e. The zero-order valence-corrected chi connectivity index (χ0v) is 7.09. The van der Waals surface area contributed by atoms with E-state index in [2.05, 4.69) is 4.74 Å². The molecular weight excluding hydrogens is 161 g/mol. The number of amides is 1. The van der Waals surface area contributed by atoms with Crippen LogP contribution in [-0.2, 0) is 4.74 Å². The molecule has 0 spiro atoms. The molecule has 0 aliphatic carbocycles. The summed E-state index contributed by atoms with van der Waals surface area (Å²) in [6.45, 7) is 0.797. The molecule has 1 aliphatic heterocycles. The maximum absolute atomic E-state index is 11.6. The smallest absolute Gasteiger partial charge is 0.409 e. The largest absolute Gasteiger partial charge is 0.447 e. The lowest BCUT2D eigenvalue weighted by molar-refractivity contribution is 0.0898. The highest BCUT2D eigenvalue weighted by atomic mass is 19.1. The second-order valence-electron chi connectivity index (χ2n) is 2.85. The summed E-state index contributed by atoms with van der Waals surface area (Å²) in [5.74, 6) is 0. The van der Waals surface area contributed by atoms with Crippen molar-refractivity contribution < 1.29 is 13.9 Å². The molecule has 0 unspecified atom stereocenters. The zero-order valence-electron chi connectivity index (χ0n) is 7.09. The molecule has 0 aromatic rings. The summed E-state index contributed by atoms with van der Waals surface area (Å²) in [6.07, 6.45) is 2.87. The van der Waals surface area contributed by atoms with Crippen LogP contribution in [-0.4, -0.2) is 37.4 Å². The first-order valence-electron chi connectivity index (χ1n) is 4.32. The fourth-order valence-electron chi connectivity index (χ4n) is 1.29. The van der Waals surface area contributed by atoms with Crippen LogP contribution in [0.5, 0.6) is 0 Å². The lowest BCUT2D eigenvalue weighted by Crippen LogP contribution is -2.36. The quantitative estimate of drug-likeness (QED) is 0.637. The average molecular weight is 175 g/mol. The van der Waals surface area contributed by atoms with E-state index in [1.165, 1.54) is 6.42 Å². The molecule has 3 nitrogen and oxygen atoms in total. The molecule has 1 heterocycles. The van der Waals surface area contributed by atoms with Crippen LogP contribution in [0.3, 0.4) is 0 Å². The Kier molecular flexibility index (Phi) is 3.84. The minimum atomic E-state index is -0.598. The molecule has 0 saturated carbocycles. The van der Waals surface area contributed by atoms with Gasteiger partial charge in [-0.2, -0.15) is 0 Å². The summed E-state index contributed by atoms with van der Waals surface area (Å²) in [6, 6.07) is 0. The van der Waals surface area contributed by atoms with Crippen molar-refractivity contribution in [3.63, 3.8) is 0 Å². The molecule has 0 N–H and O–H groups in total. The Balaban J connectivity index is 2.20. The third-order valence-electron chi connectivity index (χ3n) is 1.92. The first-order chi connectivity index (χ1) is 5.84. The van der Waals surface area contributed by atoms with Crippen molar-refractivity contribution in [1.82, 2.24) is 4.90 Å². The molecule has 1 rings (SSSR count). The van der Waals surface area contributed by atoms with Crippen LogP contribution in [0.4, 0.5) is 9.18 Å². The normalized spacial score (nSPS) is 17.6. The van der Waals surface area contributed by atoms with Crippen molar-refractivity contribution in [2.24, 2.45) is 0 Å². The number of likely N-dealkylation sites (tertiary alicyclic amines) is 1. The molecule has 1 aliphatic rings. The van der Waals surface area contributed by atoms with E-state index in [9.17, 15) is 9.18 Å². The fourth-order valence-corrected chi connectivity index (χ4v) is 1.29. The van der Waals surface area contributed by atoms with Crippen LogP contribution >= 0.6 is 0 Å². The molecule has 0 aromatic heterocycles. The van der Waals surface area contributed by atoms with Crippen LogP contribution in [0.1, 0.15) is 19.3 Å². The highest BCUT2D eigenvalue weighted by Crippen LogP contribution is 2.09. The maximum Gasteiger partial charge on any atom is 0.409 e. The summed E-state index contributed by atoms with van der Waals surface area (Å²) in [4.78, 5) is 12.7. The van der Waals surface area contributed by atoms with Gasteiger partial charge in [-0.3, -0.25) is 0 Å². The molecule has 1 amide bonds. The number of hydrogen-bond acceptors (Lipinski definition) is 2. The number of piperidine rings is 1. The van der Waals surface area contributed by atoms with Gasteiger partial charge in [-0.1, -0.05) is 0 Å². The van der Waals surface area contributed by atoms with E-state index in [0.717, 1.165) is 25.9 Å². The van der Waals surface area contributed by atoms with Gasteiger partial charge in [0.25, 0.3) is 0 Å². The molecule has 12 heavy (non-hydrogen) atoms. The monoisotopic (exact) mass is 175 g/mol. The summed E-state index contributed by atoms with van der Waals surface area (Å²) in [5, 5.41) is 0. The summed E-state index contributed by atoms with van der Waals surface area (Å²) in [5.41, 5.74) is 0. The zero-order chi connectivity index (χ0) is 8.81. The highest BCUT2D eigenvalue weighted by Gasteiger charge is 2.16. The topological polar surface area (TPSA) is 29.5 Å². The van der Waals surface area contributed by atoms with E-state index in [4.69, 9.17) is 0 Å². The number of carbonyl (C=O) groups is 1. The van der Waals surface area contributed by atoms with E-state index in [1.54, 1.807) is 4.90 Å². The van der Waals surface area contributed by atoms with Crippen molar-refractivity contribution >= 4 is 6.09 Å². The molecule has 4 heteroatoms. The third kappa shape index (κ3) is 2.68. The van der Waals surface area contributed by atoms with E-state index in [-0.39, 0.29) is 12.7 Å². The maximum atomic E-state index is 11.6. The van der Waals surface area contributed by atoms with Gasteiger partial charge in [0.15, 0.2) is 0 Å². The van der Waals surface area contributed by atoms with Gasteiger partial charge in [-0.05, 0) is 19.3 Å². The SMILES string of the molecule is O=C(OCCF)N1CCCCC1. The predicted molar refractivity (Wildman–Crippen MR) is 42.7 cm³/mol. The third-order valence-corrected chi connectivity index (χ3v) is 1.92. The van der Waals surface area contributed by atoms with Gasteiger partial charge < -0.3 is 9.64 Å². The van der Waals surface area contributed by atoms with Gasteiger partial charge in [0.1, 0.15) is 13.3 Å². The van der Waals surface area contributed by atoms with E-state index < -0.39 is 6.67 Å². The van der Waals surface area contributed by atoms with Gasteiger partial charge in [-0.25, -0.2) is 9.18 Å². The predicted octanol–water partition coefficient (Wildman–Crippen LogP) is 1.58.